The number of hydrogen-bond acceptors (Lipinski definition) is 10. The lowest BCUT2D eigenvalue weighted by molar-refractivity contribution is -0.139. The summed E-state index contributed by atoms with van der Waals surface area (Å²) in [6.45, 7) is 3.85. The minimum atomic E-state index is -1.65. The number of aliphatic imine (C=N–C) groups is 1. The highest BCUT2D eigenvalue weighted by atomic mass is 32.1. The molecule has 37 heavy (non-hydrogen) atoms. The van der Waals surface area contributed by atoms with Crippen molar-refractivity contribution < 1.29 is 37.0 Å². The third-order valence-electron chi connectivity index (χ3n) is 5.85. The molecule has 1 saturated heterocycles. The van der Waals surface area contributed by atoms with Crippen molar-refractivity contribution in [3.05, 3.63) is 63.0 Å². The van der Waals surface area contributed by atoms with E-state index in [1.807, 2.05) is 4.90 Å². The maximum Gasteiger partial charge on any atom is 0.338 e. The Hall–Kier alpha value is -3.29. The lowest BCUT2D eigenvalue weighted by Gasteiger charge is -2.35. The van der Waals surface area contributed by atoms with E-state index in [2.05, 4.69) is 15.3 Å². The summed E-state index contributed by atoms with van der Waals surface area (Å²) in [4.78, 5) is 34.3. The maximum atomic E-state index is 15.0. The van der Waals surface area contributed by atoms with Crippen LogP contribution in [0.1, 0.15) is 30.0 Å². The zero-order valence-electron chi connectivity index (χ0n) is 19.9. The van der Waals surface area contributed by atoms with Gasteiger partial charge < -0.3 is 19.5 Å². The van der Waals surface area contributed by atoms with Crippen molar-refractivity contribution in [1.29, 1.82) is 0 Å². The topological polar surface area (TPSA) is 102 Å². The van der Waals surface area contributed by atoms with Crippen LogP contribution < -0.4 is 5.32 Å². The molecule has 0 aliphatic carbocycles. The summed E-state index contributed by atoms with van der Waals surface area (Å²) in [7, 11) is 0. The number of aromatic nitrogens is 1. The number of rotatable bonds is 10. The van der Waals surface area contributed by atoms with Gasteiger partial charge in [-0.05, 0) is 13.0 Å². The van der Waals surface area contributed by atoms with Crippen molar-refractivity contribution in [3.8, 4) is 0 Å². The van der Waals surface area contributed by atoms with Crippen molar-refractivity contribution in [1.82, 2.24) is 15.2 Å². The Morgan fingerprint density at radius 3 is 2.89 bits per heavy atom. The molecule has 2 atom stereocenters. The Kier molecular flexibility index (Phi) is 8.90. The van der Waals surface area contributed by atoms with E-state index >= 15 is 0 Å². The number of morpholine rings is 1. The van der Waals surface area contributed by atoms with Crippen LogP contribution in [0.25, 0.3) is 0 Å². The molecule has 1 fully saturated rings. The fraction of sp³-hybridized carbons (Fsp3) is 0.417. The van der Waals surface area contributed by atoms with E-state index in [0.29, 0.717) is 43.3 Å². The number of hydrogen-bond donors (Lipinski definition) is 1. The first-order valence-corrected chi connectivity index (χ1v) is 12.5. The van der Waals surface area contributed by atoms with E-state index < -0.39 is 29.5 Å². The van der Waals surface area contributed by atoms with Gasteiger partial charge in [-0.2, -0.15) is 0 Å². The number of amidine groups is 1. The van der Waals surface area contributed by atoms with Gasteiger partial charge in [0.05, 0.1) is 31.5 Å². The van der Waals surface area contributed by atoms with Crippen LogP contribution in [0.3, 0.4) is 0 Å². The van der Waals surface area contributed by atoms with Crippen LogP contribution in [0.2, 0.25) is 0 Å². The second-order valence-electron chi connectivity index (χ2n) is 8.20. The monoisotopic (exact) mass is 538 g/mol. The molecule has 0 saturated carbocycles. The number of nitrogens with one attached hydrogen (secondary N) is 1. The Balaban J connectivity index is 1.73. The van der Waals surface area contributed by atoms with Crippen molar-refractivity contribution in [2.24, 2.45) is 4.99 Å². The van der Waals surface area contributed by atoms with Gasteiger partial charge in [-0.25, -0.2) is 22.9 Å². The second kappa shape index (κ2) is 12.3. The van der Waals surface area contributed by atoms with E-state index in [1.54, 1.807) is 18.5 Å². The van der Waals surface area contributed by atoms with Gasteiger partial charge >= 0.3 is 5.97 Å². The molecule has 1 aromatic carbocycles. The maximum absolute atomic E-state index is 15.0. The molecule has 0 amide bonds. The molecule has 9 nitrogen and oxygen atoms in total. The third kappa shape index (κ3) is 6.17. The van der Waals surface area contributed by atoms with Gasteiger partial charge in [-0.1, -0.05) is 6.07 Å². The molecule has 4 rings (SSSR count). The van der Waals surface area contributed by atoms with E-state index in [-0.39, 0.29) is 42.8 Å². The summed E-state index contributed by atoms with van der Waals surface area (Å²) >= 11 is 1.27. The summed E-state index contributed by atoms with van der Waals surface area (Å²) in [5, 5.41) is 5.34. The standard InChI is InChI=1S/C24H25F3N4O5S/c1-2-35-24(33)18-17(12-31-7-9-36-14(11-31)5-8-34-13-32)29-22(23-28-6-10-37-23)30-21(18)15-3-4-16(25)20(27)19(15)26/h3-4,6,10,13-14,21H,2,5,7-9,11-12H2,1H3,(H,29,30)/t14-,21-/m0/s1. The molecule has 0 bridgehead atoms. The van der Waals surface area contributed by atoms with Gasteiger partial charge in [0.25, 0.3) is 6.47 Å². The fourth-order valence-corrected chi connectivity index (χ4v) is 4.75. The van der Waals surface area contributed by atoms with Crippen LogP contribution >= 0.6 is 11.3 Å². The van der Waals surface area contributed by atoms with Crippen molar-refractivity contribution in [2.75, 3.05) is 39.5 Å². The first-order chi connectivity index (χ1) is 17.9. The van der Waals surface area contributed by atoms with E-state index in [9.17, 15) is 22.8 Å². The summed E-state index contributed by atoms with van der Waals surface area (Å²) in [5.74, 6) is -4.93. The molecule has 1 N–H and O–H groups in total. The Morgan fingerprint density at radius 2 is 2.16 bits per heavy atom. The largest absolute Gasteiger partial charge is 0.468 e. The number of thiazole rings is 1. The van der Waals surface area contributed by atoms with Crippen LogP contribution in [0, 0.1) is 17.5 Å². The van der Waals surface area contributed by atoms with Gasteiger partial charge in [-0.15, -0.1) is 11.3 Å². The van der Waals surface area contributed by atoms with Crippen LogP contribution in [0.5, 0.6) is 0 Å². The average Bonchev–Trinajstić information content (AvgIpc) is 3.43. The van der Waals surface area contributed by atoms with Gasteiger partial charge in [0.15, 0.2) is 28.3 Å². The quantitative estimate of drug-likeness (QED) is 0.213. The Morgan fingerprint density at radius 1 is 1.32 bits per heavy atom. The highest BCUT2D eigenvalue weighted by Crippen LogP contribution is 2.35. The van der Waals surface area contributed by atoms with Gasteiger partial charge in [-0.3, -0.25) is 14.7 Å². The molecule has 0 unspecified atom stereocenters. The van der Waals surface area contributed by atoms with Crippen LogP contribution in [0.15, 0.2) is 40.0 Å². The van der Waals surface area contributed by atoms with Gasteiger partial charge in [0.1, 0.15) is 6.04 Å². The number of benzene rings is 1. The lowest BCUT2D eigenvalue weighted by atomic mass is 9.94. The van der Waals surface area contributed by atoms with Crippen LogP contribution in [-0.4, -0.2) is 73.7 Å². The SMILES string of the molecule is CCOC(=O)C1=C(CN2CCO[C@@H](CCOC=O)C2)NC(c2nccs2)=N[C@H]1c1ccc(F)c(F)c1F. The average molecular weight is 539 g/mol. The second-order valence-corrected chi connectivity index (χ2v) is 9.10. The van der Waals surface area contributed by atoms with Crippen LogP contribution in [-0.2, 0) is 23.8 Å². The van der Waals surface area contributed by atoms with Crippen molar-refractivity contribution in [3.63, 3.8) is 0 Å². The summed E-state index contributed by atoms with van der Waals surface area (Å²) < 4.78 is 58.7. The fourth-order valence-electron chi connectivity index (χ4n) is 4.17. The molecule has 0 radical (unpaired) electrons. The molecule has 198 valence electrons. The summed E-state index contributed by atoms with van der Waals surface area (Å²) in [6.07, 6.45) is 1.84. The number of esters is 1. The minimum Gasteiger partial charge on any atom is -0.468 e. The first-order valence-electron chi connectivity index (χ1n) is 11.6. The summed E-state index contributed by atoms with van der Waals surface area (Å²) in [6, 6.07) is 0.564. The molecule has 13 heteroatoms. The Bertz CT molecular complexity index is 1190. The predicted molar refractivity (Wildman–Crippen MR) is 127 cm³/mol. The minimum absolute atomic E-state index is 0.0144. The predicted octanol–water partition coefficient (Wildman–Crippen LogP) is 2.73. The van der Waals surface area contributed by atoms with E-state index in [0.717, 1.165) is 12.1 Å². The molecule has 2 aliphatic rings. The first kappa shape index (κ1) is 26.8. The summed E-state index contributed by atoms with van der Waals surface area (Å²) in [5.41, 5.74) is 0.0536. The smallest absolute Gasteiger partial charge is 0.338 e. The Labute approximate surface area is 214 Å². The van der Waals surface area contributed by atoms with Gasteiger partial charge in [0.2, 0.25) is 0 Å². The molecule has 2 aliphatic heterocycles. The van der Waals surface area contributed by atoms with Crippen molar-refractivity contribution in [2.45, 2.75) is 25.5 Å². The van der Waals surface area contributed by atoms with Crippen LogP contribution in [0.4, 0.5) is 13.2 Å². The van der Waals surface area contributed by atoms with Gasteiger partial charge in [0, 0.05) is 48.9 Å². The number of carbonyl (C=O) groups is 2. The number of halogens is 3. The van der Waals surface area contributed by atoms with E-state index in [4.69, 9.17) is 14.2 Å². The molecule has 0 spiro atoms. The highest BCUT2D eigenvalue weighted by molar-refractivity contribution is 7.11. The lowest BCUT2D eigenvalue weighted by Crippen LogP contribution is -2.46. The van der Waals surface area contributed by atoms with Crippen molar-refractivity contribution >= 4 is 29.6 Å². The molecular weight excluding hydrogens is 513 g/mol. The highest BCUT2D eigenvalue weighted by Gasteiger charge is 2.36. The number of nitrogens with zero attached hydrogens (tertiary/aromatic N) is 3. The zero-order chi connectivity index (χ0) is 26.4. The normalized spacial score (nSPS) is 20.3. The molecular formula is C24H25F3N4O5S. The number of ether oxygens (including phenoxy) is 3. The number of carbonyl (C=O) groups excluding carboxylic acids is 2. The van der Waals surface area contributed by atoms with E-state index in [1.165, 1.54) is 11.3 Å². The molecule has 3 heterocycles. The third-order valence-corrected chi connectivity index (χ3v) is 6.63. The molecule has 1 aromatic heterocycles. The molecule has 2 aromatic rings. The zero-order valence-corrected chi connectivity index (χ0v) is 20.7.